The quantitative estimate of drug-likeness (QED) is 0.435. The first-order chi connectivity index (χ1) is 17.7. The number of benzene rings is 1. The van der Waals surface area contributed by atoms with Crippen LogP contribution in [0.3, 0.4) is 0 Å². The molecule has 0 saturated heterocycles. The van der Waals surface area contributed by atoms with E-state index in [0.717, 1.165) is 16.7 Å². The Morgan fingerprint density at radius 3 is 2.53 bits per heavy atom. The lowest BCUT2D eigenvalue weighted by molar-refractivity contribution is -0.147. The summed E-state index contributed by atoms with van der Waals surface area (Å²) in [4.78, 5) is 33.7. The van der Waals surface area contributed by atoms with Gasteiger partial charge in [0.2, 0.25) is 0 Å². The summed E-state index contributed by atoms with van der Waals surface area (Å²) in [5.74, 6) is -3.79. The summed E-state index contributed by atoms with van der Waals surface area (Å²) in [7, 11) is 3.59. The molecule has 3 aromatic rings. The zero-order valence-corrected chi connectivity index (χ0v) is 23.0. The van der Waals surface area contributed by atoms with Gasteiger partial charge in [0.15, 0.2) is 5.65 Å². The van der Waals surface area contributed by atoms with Gasteiger partial charge in [-0.05, 0) is 64.1 Å². The van der Waals surface area contributed by atoms with Gasteiger partial charge in [-0.15, -0.1) is 0 Å². The van der Waals surface area contributed by atoms with Crippen molar-refractivity contribution in [2.75, 3.05) is 26.7 Å². The van der Waals surface area contributed by atoms with E-state index >= 15 is 0 Å². The minimum absolute atomic E-state index is 0.0120. The van der Waals surface area contributed by atoms with Crippen molar-refractivity contribution in [2.45, 2.75) is 58.7 Å². The Morgan fingerprint density at radius 2 is 1.92 bits per heavy atom. The van der Waals surface area contributed by atoms with Crippen LogP contribution in [0.2, 0.25) is 0 Å². The van der Waals surface area contributed by atoms with Crippen LogP contribution in [0.15, 0.2) is 35.1 Å². The number of alkyl halides is 2. The Bertz CT molecular complexity index is 1410. The summed E-state index contributed by atoms with van der Waals surface area (Å²) in [6, 6.07) is 9.77. The monoisotopic (exact) mass is 529 g/mol. The normalized spacial score (nSPS) is 16.8. The second kappa shape index (κ2) is 10.2. The van der Waals surface area contributed by atoms with E-state index in [1.54, 1.807) is 18.0 Å². The lowest BCUT2D eigenvalue weighted by Gasteiger charge is -2.29. The largest absolute Gasteiger partial charge is 0.381 e. The highest BCUT2D eigenvalue weighted by atomic mass is 19.3. The highest BCUT2D eigenvalue weighted by Gasteiger charge is 2.57. The first kappa shape index (κ1) is 27.9. The number of pyridine rings is 1. The zero-order chi connectivity index (χ0) is 28.0. The molecule has 1 unspecified atom stereocenters. The molecule has 1 N–H and O–H groups in total. The van der Waals surface area contributed by atoms with Crippen LogP contribution < -0.4 is 5.69 Å². The Labute approximate surface area is 221 Å². The molecule has 2 aromatic heterocycles. The predicted octanol–water partition coefficient (Wildman–Crippen LogP) is 3.42. The van der Waals surface area contributed by atoms with Gasteiger partial charge < -0.3 is 14.9 Å². The summed E-state index contributed by atoms with van der Waals surface area (Å²) in [6.07, 6.45) is -0.187. The fourth-order valence-electron chi connectivity index (χ4n) is 4.80. The van der Waals surface area contributed by atoms with E-state index in [9.17, 15) is 23.5 Å². The van der Waals surface area contributed by atoms with Gasteiger partial charge in [0.1, 0.15) is 5.60 Å². The van der Waals surface area contributed by atoms with Crippen molar-refractivity contribution in [2.24, 2.45) is 13.0 Å². The van der Waals surface area contributed by atoms with E-state index in [0.29, 0.717) is 43.0 Å². The fourth-order valence-corrected chi connectivity index (χ4v) is 4.80. The number of aromatic nitrogens is 3. The van der Waals surface area contributed by atoms with Crippen LogP contribution in [-0.4, -0.2) is 73.1 Å². The molecule has 1 fully saturated rings. The number of amides is 1. The van der Waals surface area contributed by atoms with Crippen molar-refractivity contribution in [1.82, 2.24) is 23.9 Å². The number of carbonyl (C=O) groups is 1. The molecule has 0 spiro atoms. The van der Waals surface area contributed by atoms with E-state index in [4.69, 9.17) is 4.98 Å². The number of fused-ring (bicyclic) bond motifs is 1. The minimum Gasteiger partial charge on any atom is -0.381 e. The molecule has 1 atom stereocenters. The number of imidazole rings is 1. The maximum atomic E-state index is 13.5. The SMILES string of the molecule is CCN(CCN(C)Cc1ccc(C)c(-c2ccc3c(n2)n(C)c(=O)n3CC2CC2(F)F)c1)C(=O)C(C)(C)O. The van der Waals surface area contributed by atoms with E-state index < -0.39 is 17.4 Å². The minimum atomic E-state index is -2.69. The van der Waals surface area contributed by atoms with Gasteiger partial charge in [0, 0.05) is 57.7 Å². The number of aliphatic hydroxyl groups is 1. The fraction of sp³-hybridized carbons (Fsp3) is 0.536. The highest BCUT2D eigenvalue weighted by Crippen LogP contribution is 2.49. The average Bonchev–Trinajstić information content (AvgIpc) is 3.39. The van der Waals surface area contributed by atoms with Crippen molar-refractivity contribution >= 4 is 17.1 Å². The Hall–Kier alpha value is -3.11. The third-order valence-corrected chi connectivity index (χ3v) is 7.31. The van der Waals surface area contributed by atoms with Crippen LogP contribution in [0.4, 0.5) is 8.78 Å². The third-order valence-electron chi connectivity index (χ3n) is 7.31. The van der Waals surface area contributed by atoms with Crippen molar-refractivity contribution in [1.29, 1.82) is 0 Å². The van der Waals surface area contributed by atoms with Crippen molar-refractivity contribution in [3.05, 3.63) is 51.9 Å². The Morgan fingerprint density at radius 1 is 1.24 bits per heavy atom. The van der Waals surface area contributed by atoms with Gasteiger partial charge in [0.05, 0.1) is 11.2 Å². The number of halogens is 2. The number of rotatable bonds is 10. The molecule has 0 aliphatic heterocycles. The third kappa shape index (κ3) is 5.66. The average molecular weight is 530 g/mol. The van der Waals surface area contributed by atoms with Crippen molar-refractivity contribution in [3.63, 3.8) is 0 Å². The molecule has 0 radical (unpaired) electrons. The molecular weight excluding hydrogens is 492 g/mol. The zero-order valence-electron chi connectivity index (χ0n) is 23.0. The molecule has 1 aromatic carbocycles. The first-order valence-electron chi connectivity index (χ1n) is 13.0. The summed E-state index contributed by atoms with van der Waals surface area (Å²) in [6.45, 7) is 9.19. The van der Waals surface area contributed by atoms with E-state index in [2.05, 4.69) is 17.0 Å². The summed E-state index contributed by atoms with van der Waals surface area (Å²) >= 11 is 0. The molecule has 4 rings (SSSR count). The van der Waals surface area contributed by atoms with Gasteiger partial charge in [-0.25, -0.2) is 18.6 Å². The Balaban J connectivity index is 1.52. The van der Waals surface area contributed by atoms with Gasteiger partial charge in [0.25, 0.3) is 11.8 Å². The van der Waals surface area contributed by atoms with E-state index in [1.165, 1.54) is 23.0 Å². The van der Waals surface area contributed by atoms with E-state index in [1.807, 2.05) is 33.0 Å². The number of nitrogens with zero attached hydrogens (tertiary/aromatic N) is 5. The molecular formula is C28H37F2N5O3. The maximum Gasteiger partial charge on any atom is 0.330 e. The van der Waals surface area contributed by atoms with Gasteiger partial charge in [-0.2, -0.15) is 0 Å². The molecule has 206 valence electrons. The molecule has 1 aliphatic rings. The highest BCUT2D eigenvalue weighted by molar-refractivity contribution is 5.84. The maximum absolute atomic E-state index is 13.5. The number of carbonyl (C=O) groups excluding carboxylic acids is 1. The molecule has 2 heterocycles. The summed E-state index contributed by atoms with van der Waals surface area (Å²) in [5.41, 5.74) is 3.00. The first-order valence-corrected chi connectivity index (χ1v) is 13.0. The molecule has 10 heteroatoms. The van der Waals surface area contributed by atoms with Gasteiger partial charge in [-0.3, -0.25) is 13.9 Å². The summed E-state index contributed by atoms with van der Waals surface area (Å²) in [5, 5.41) is 10.1. The predicted molar refractivity (Wildman–Crippen MR) is 143 cm³/mol. The lowest BCUT2D eigenvalue weighted by atomic mass is 10.0. The number of hydrogen-bond donors (Lipinski definition) is 1. The van der Waals surface area contributed by atoms with Crippen LogP contribution >= 0.6 is 0 Å². The van der Waals surface area contributed by atoms with Crippen LogP contribution in [0.1, 0.15) is 38.3 Å². The molecule has 0 bridgehead atoms. The molecule has 1 amide bonds. The molecule has 1 aliphatic carbocycles. The van der Waals surface area contributed by atoms with Crippen LogP contribution in [-0.2, 0) is 24.9 Å². The van der Waals surface area contributed by atoms with Crippen LogP contribution in [0, 0.1) is 12.8 Å². The van der Waals surface area contributed by atoms with Crippen LogP contribution in [0.25, 0.3) is 22.4 Å². The number of likely N-dealkylation sites (N-methyl/N-ethyl adjacent to an activating group) is 2. The van der Waals surface area contributed by atoms with Crippen molar-refractivity contribution in [3.8, 4) is 11.3 Å². The van der Waals surface area contributed by atoms with Gasteiger partial charge in [-0.1, -0.05) is 12.1 Å². The lowest BCUT2D eigenvalue weighted by Crippen LogP contribution is -2.47. The summed E-state index contributed by atoms with van der Waals surface area (Å²) < 4.78 is 29.8. The van der Waals surface area contributed by atoms with Crippen LogP contribution in [0.5, 0.6) is 0 Å². The van der Waals surface area contributed by atoms with E-state index in [-0.39, 0.29) is 24.6 Å². The van der Waals surface area contributed by atoms with Crippen molar-refractivity contribution < 1.29 is 18.7 Å². The molecule has 8 nitrogen and oxygen atoms in total. The number of aryl methyl sites for hydroxylation is 2. The number of hydrogen-bond acceptors (Lipinski definition) is 5. The Kier molecular flexibility index (Phi) is 7.51. The second-order valence-corrected chi connectivity index (χ2v) is 11.0. The topological polar surface area (TPSA) is 83.6 Å². The van der Waals surface area contributed by atoms with Gasteiger partial charge >= 0.3 is 5.69 Å². The smallest absolute Gasteiger partial charge is 0.330 e. The molecule has 1 saturated carbocycles. The molecule has 38 heavy (non-hydrogen) atoms. The standard InChI is InChI=1S/C28H37F2N5O3/c1-7-34(25(36)27(3,4)38)13-12-32(5)16-19-9-8-18(2)21(14-19)22-10-11-23-24(31-22)33(6)26(37)35(23)17-20-15-28(20,29)30/h8-11,14,20,38H,7,12-13,15-17H2,1-6H3. The second-order valence-electron chi connectivity index (χ2n) is 11.0.